The maximum atomic E-state index is 5.33. The molecular weight excluding hydrogens is 228 g/mol. The average Bonchev–Trinajstić information content (AvgIpc) is 2.28. The lowest BCUT2D eigenvalue weighted by Crippen LogP contribution is -2.48. The Morgan fingerprint density at radius 1 is 1.28 bits per heavy atom. The Balaban J connectivity index is 2.34. The van der Waals surface area contributed by atoms with E-state index in [1.165, 1.54) is 0 Å². The van der Waals surface area contributed by atoms with Crippen molar-refractivity contribution in [1.29, 1.82) is 0 Å². The van der Waals surface area contributed by atoms with Gasteiger partial charge in [-0.05, 0) is 27.7 Å². The molecule has 0 aliphatic carbocycles. The van der Waals surface area contributed by atoms with Gasteiger partial charge < -0.3 is 15.4 Å². The van der Waals surface area contributed by atoms with E-state index in [9.17, 15) is 0 Å². The quantitative estimate of drug-likeness (QED) is 0.573. The van der Waals surface area contributed by atoms with Gasteiger partial charge in [0.1, 0.15) is 0 Å². The van der Waals surface area contributed by atoms with Gasteiger partial charge in [0.25, 0.3) is 0 Å². The molecule has 1 rings (SSSR count). The van der Waals surface area contributed by atoms with Crippen molar-refractivity contribution < 1.29 is 4.74 Å². The Morgan fingerprint density at radius 2 is 1.94 bits per heavy atom. The molecule has 1 aliphatic heterocycles. The summed E-state index contributed by atoms with van der Waals surface area (Å²) in [7, 11) is 0. The van der Waals surface area contributed by atoms with Crippen LogP contribution in [0.25, 0.3) is 0 Å². The molecular formula is C13H28N4O. The topological polar surface area (TPSA) is 48.9 Å². The van der Waals surface area contributed by atoms with Gasteiger partial charge in [0, 0.05) is 31.7 Å². The van der Waals surface area contributed by atoms with Crippen LogP contribution in [0.1, 0.15) is 27.7 Å². The van der Waals surface area contributed by atoms with Crippen LogP contribution in [-0.4, -0.2) is 62.3 Å². The molecule has 0 bridgehead atoms. The number of nitrogens with one attached hydrogen (secondary N) is 2. The van der Waals surface area contributed by atoms with Gasteiger partial charge in [-0.2, -0.15) is 0 Å². The lowest BCUT2D eigenvalue weighted by atomic mass is 10.1. The Kier molecular flexibility index (Phi) is 6.43. The molecule has 0 saturated carbocycles. The van der Waals surface area contributed by atoms with E-state index in [0.29, 0.717) is 0 Å². The van der Waals surface area contributed by atoms with Crippen molar-refractivity contribution in [2.75, 3.05) is 45.9 Å². The second kappa shape index (κ2) is 7.59. The summed E-state index contributed by atoms with van der Waals surface area (Å²) in [6.45, 7) is 15.0. The van der Waals surface area contributed by atoms with Gasteiger partial charge >= 0.3 is 0 Å². The molecule has 0 aromatic rings. The highest BCUT2D eigenvalue weighted by atomic mass is 16.5. The van der Waals surface area contributed by atoms with Crippen LogP contribution in [-0.2, 0) is 4.74 Å². The molecule has 0 aromatic carbocycles. The molecule has 106 valence electrons. The third kappa shape index (κ3) is 6.81. The minimum Gasteiger partial charge on any atom is -0.379 e. The van der Waals surface area contributed by atoms with Crippen molar-refractivity contribution in [2.24, 2.45) is 4.99 Å². The largest absolute Gasteiger partial charge is 0.379 e. The molecule has 0 aromatic heterocycles. The summed E-state index contributed by atoms with van der Waals surface area (Å²) in [6, 6.07) is 0. The minimum absolute atomic E-state index is 0.0416. The molecule has 18 heavy (non-hydrogen) atoms. The number of nitrogens with zero attached hydrogens (tertiary/aromatic N) is 2. The summed E-state index contributed by atoms with van der Waals surface area (Å²) in [6.07, 6.45) is 0. The highest BCUT2D eigenvalue weighted by molar-refractivity contribution is 5.80. The minimum atomic E-state index is 0.0416. The normalized spacial score (nSPS) is 18.8. The van der Waals surface area contributed by atoms with Gasteiger partial charge in [-0.3, -0.25) is 9.89 Å². The van der Waals surface area contributed by atoms with Gasteiger partial charge in [-0.1, -0.05) is 0 Å². The van der Waals surface area contributed by atoms with E-state index >= 15 is 0 Å². The first kappa shape index (κ1) is 15.2. The lowest BCUT2D eigenvalue weighted by Gasteiger charge is -2.26. The van der Waals surface area contributed by atoms with E-state index in [1.807, 2.05) is 0 Å². The van der Waals surface area contributed by atoms with E-state index in [2.05, 4.69) is 48.2 Å². The molecule has 0 radical (unpaired) electrons. The van der Waals surface area contributed by atoms with Crippen LogP contribution in [0.15, 0.2) is 4.99 Å². The number of guanidine groups is 1. The predicted molar refractivity (Wildman–Crippen MR) is 76.1 cm³/mol. The van der Waals surface area contributed by atoms with Gasteiger partial charge in [0.05, 0.1) is 19.8 Å². The molecule has 1 heterocycles. The monoisotopic (exact) mass is 256 g/mol. The number of rotatable bonds is 4. The molecule has 0 atom stereocenters. The van der Waals surface area contributed by atoms with E-state index in [-0.39, 0.29) is 5.54 Å². The maximum absolute atomic E-state index is 5.33. The van der Waals surface area contributed by atoms with Crippen LogP contribution < -0.4 is 10.6 Å². The molecule has 0 amide bonds. The van der Waals surface area contributed by atoms with Crippen molar-refractivity contribution >= 4 is 5.96 Å². The van der Waals surface area contributed by atoms with E-state index < -0.39 is 0 Å². The van der Waals surface area contributed by atoms with Gasteiger partial charge in [-0.25, -0.2) is 0 Å². The third-order valence-electron chi connectivity index (χ3n) is 2.63. The van der Waals surface area contributed by atoms with Crippen LogP contribution in [0.2, 0.25) is 0 Å². The summed E-state index contributed by atoms with van der Waals surface area (Å²) in [5.41, 5.74) is 0.0416. The predicted octanol–water partition coefficient (Wildman–Crippen LogP) is 0.672. The van der Waals surface area contributed by atoms with E-state index in [1.54, 1.807) is 0 Å². The Labute approximate surface area is 111 Å². The molecule has 0 spiro atoms. The zero-order chi connectivity index (χ0) is 13.4. The average molecular weight is 256 g/mol. The molecule has 0 unspecified atom stereocenters. The second-order valence-corrected chi connectivity index (χ2v) is 5.59. The summed E-state index contributed by atoms with van der Waals surface area (Å²) in [5.74, 6) is 0.901. The van der Waals surface area contributed by atoms with Gasteiger partial charge in [-0.15, -0.1) is 0 Å². The molecule has 2 N–H and O–H groups in total. The fourth-order valence-electron chi connectivity index (χ4n) is 1.79. The molecule has 1 aliphatic rings. The van der Waals surface area contributed by atoms with Crippen LogP contribution in [0.5, 0.6) is 0 Å². The van der Waals surface area contributed by atoms with Crippen LogP contribution in [0, 0.1) is 0 Å². The van der Waals surface area contributed by atoms with Crippen LogP contribution in [0.4, 0.5) is 0 Å². The zero-order valence-electron chi connectivity index (χ0n) is 12.3. The van der Waals surface area contributed by atoms with Crippen molar-refractivity contribution in [2.45, 2.75) is 33.2 Å². The summed E-state index contributed by atoms with van der Waals surface area (Å²) in [5, 5.41) is 6.66. The maximum Gasteiger partial charge on any atom is 0.191 e. The summed E-state index contributed by atoms with van der Waals surface area (Å²) in [4.78, 5) is 7.00. The fraction of sp³-hybridized carbons (Fsp3) is 0.923. The van der Waals surface area contributed by atoms with E-state index in [0.717, 1.165) is 51.9 Å². The smallest absolute Gasteiger partial charge is 0.191 e. The van der Waals surface area contributed by atoms with Crippen LogP contribution >= 0.6 is 0 Å². The summed E-state index contributed by atoms with van der Waals surface area (Å²) >= 11 is 0. The van der Waals surface area contributed by atoms with Gasteiger partial charge in [0.15, 0.2) is 5.96 Å². The molecule has 1 fully saturated rings. The second-order valence-electron chi connectivity index (χ2n) is 5.59. The van der Waals surface area contributed by atoms with E-state index in [4.69, 9.17) is 4.74 Å². The highest BCUT2D eigenvalue weighted by Crippen LogP contribution is 1.99. The standard InChI is InChI=1S/C13H28N4O/c1-5-14-12(16-13(2,3)4)15-6-7-17-8-10-18-11-9-17/h5-11H2,1-4H3,(H2,14,15,16). The number of aliphatic imine (C=N–C) groups is 1. The SMILES string of the molecule is CCNC(=NCCN1CCOCC1)NC(C)(C)C. The summed E-state index contributed by atoms with van der Waals surface area (Å²) < 4.78 is 5.33. The zero-order valence-corrected chi connectivity index (χ0v) is 12.3. The molecule has 5 heteroatoms. The first-order valence-electron chi connectivity index (χ1n) is 6.88. The third-order valence-corrected chi connectivity index (χ3v) is 2.63. The van der Waals surface area contributed by atoms with Gasteiger partial charge in [0.2, 0.25) is 0 Å². The number of ether oxygens (including phenoxy) is 1. The van der Waals surface area contributed by atoms with Crippen molar-refractivity contribution in [3.8, 4) is 0 Å². The lowest BCUT2D eigenvalue weighted by molar-refractivity contribution is 0.0394. The Morgan fingerprint density at radius 3 is 2.50 bits per heavy atom. The Hall–Kier alpha value is -0.810. The first-order chi connectivity index (χ1) is 8.51. The fourth-order valence-corrected chi connectivity index (χ4v) is 1.79. The number of morpholine rings is 1. The first-order valence-corrected chi connectivity index (χ1v) is 6.88. The van der Waals surface area contributed by atoms with Crippen molar-refractivity contribution in [3.63, 3.8) is 0 Å². The van der Waals surface area contributed by atoms with Crippen molar-refractivity contribution in [1.82, 2.24) is 15.5 Å². The Bertz CT molecular complexity index is 254. The molecule has 1 saturated heterocycles. The number of hydrogen-bond donors (Lipinski definition) is 2. The van der Waals surface area contributed by atoms with Crippen molar-refractivity contribution in [3.05, 3.63) is 0 Å². The molecule has 5 nitrogen and oxygen atoms in total. The van der Waals surface area contributed by atoms with Crippen LogP contribution in [0.3, 0.4) is 0 Å². The number of hydrogen-bond acceptors (Lipinski definition) is 3. The highest BCUT2D eigenvalue weighted by Gasteiger charge is 2.12.